The first-order valence-corrected chi connectivity index (χ1v) is 7.39. The first-order valence-electron chi connectivity index (χ1n) is 7.01. The minimum atomic E-state index is 0.233. The third-order valence-corrected chi connectivity index (χ3v) is 4.42. The lowest BCUT2D eigenvalue weighted by atomic mass is 9.90. The third-order valence-electron chi connectivity index (χ3n) is 4.20. The Hall–Kier alpha value is -1.06. The van der Waals surface area contributed by atoms with Gasteiger partial charge in [-0.3, -0.25) is 4.79 Å². The van der Waals surface area contributed by atoms with Crippen molar-refractivity contribution in [2.45, 2.75) is 38.8 Å². The molecule has 3 rings (SSSR count). The molecule has 0 radical (unpaired) electrons. The highest BCUT2D eigenvalue weighted by molar-refractivity contribution is 6.30. The van der Waals surface area contributed by atoms with E-state index in [1.54, 1.807) is 0 Å². The predicted octanol–water partition coefficient (Wildman–Crippen LogP) is 2.67. The monoisotopic (exact) mass is 278 g/mol. The van der Waals surface area contributed by atoms with E-state index in [1.165, 1.54) is 23.1 Å². The van der Waals surface area contributed by atoms with Crippen LogP contribution >= 0.6 is 11.6 Å². The average Bonchev–Trinajstić information content (AvgIpc) is 2.91. The maximum absolute atomic E-state index is 12.1. The second-order valence-corrected chi connectivity index (χ2v) is 5.80. The maximum Gasteiger partial charge on any atom is 0.227 e. The molecule has 102 valence electrons. The summed E-state index contributed by atoms with van der Waals surface area (Å²) in [6, 6.07) is 4.43. The Morgan fingerprint density at radius 1 is 1.47 bits per heavy atom. The van der Waals surface area contributed by atoms with E-state index in [9.17, 15) is 4.79 Å². The highest BCUT2D eigenvalue weighted by Crippen LogP contribution is 2.33. The van der Waals surface area contributed by atoms with Crippen molar-refractivity contribution in [2.75, 3.05) is 13.1 Å². The molecule has 2 heterocycles. The zero-order valence-electron chi connectivity index (χ0n) is 11.2. The van der Waals surface area contributed by atoms with Crippen molar-refractivity contribution in [3.8, 4) is 0 Å². The minimum absolute atomic E-state index is 0.233. The lowest BCUT2D eigenvalue weighted by Crippen LogP contribution is -2.36. The molecule has 1 aromatic carbocycles. The van der Waals surface area contributed by atoms with Crippen molar-refractivity contribution in [3.05, 3.63) is 33.8 Å². The van der Waals surface area contributed by atoms with Gasteiger partial charge in [0.1, 0.15) is 0 Å². The summed E-state index contributed by atoms with van der Waals surface area (Å²) in [5.74, 6) is 0.233. The van der Waals surface area contributed by atoms with E-state index in [1.807, 2.05) is 24.0 Å². The summed E-state index contributed by atoms with van der Waals surface area (Å²) in [4.78, 5) is 14.0. The van der Waals surface area contributed by atoms with Gasteiger partial charge in [-0.25, -0.2) is 0 Å². The molecule has 0 aliphatic carbocycles. The van der Waals surface area contributed by atoms with Gasteiger partial charge in [-0.2, -0.15) is 0 Å². The molecule has 19 heavy (non-hydrogen) atoms. The van der Waals surface area contributed by atoms with Crippen molar-refractivity contribution >= 4 is 17.5 Å². The molecule has 1 atom stereocenters. The fourth-order valence-electron chi connectivity index (χ4n) is 3.18. The molecular weight excluding hydrogens is 260 g/mol. The van der Waals surface area contributed by atoms with E-state index in [0.717, 1.165) is 24.5 Å². The molecular formula is C15H19ClN2O. The molecule has 2 aliphatic heterocycles. The van der Waals surface area contributed by atoms with Crippen LogP contribution in [0.4, 0.5) is 0 Å². The highest BCUT2D eigenvalue weighted by atomic mass is 35.5. The van der Waals surface area contributed by atoms with Crippen LogP contribution in [0.2, 0.25) is 5.02 Å². The smallest absolute Gasteiger partial charge is 0.227 e. The summed E-state index contributed by atoms with van der Waals surface area (Å²) in [5, 5.41) is 4.29. The number of rotatable bonds is 2. The molecule has 1 amide bonds. The van der Waals surface area contributed by atoms with Gasteiger partial charge in [0, 0.05) is 24.2 Å². The molecule has 1 N–H and O–H groups in total. The Balaban J connectivity index is 2.02. The van der Waals surface area contributed by atoms with Crippen LogP contribution in [0.25, 0.3) is 0 Å². The lowest BCUT2D eigenvalue weighted by Gasteiger charge is -2.30. The van der Waals surface area contributed by atoms with Crippen LogP contribution < -0.4 is 5.32 Å². The molecule has 3 nitrogen and oxygen atoms in total. The van der Waals surface area contributed by atoms with Crippen molar-refractivity contribution in [3.63, 3.8) is 0 Å². The van der Waals surface area contributed by atoms with Crippen LogP contribution in [0.3, 0.4) is 0 Å². The predicted molar refractivity (Wildman–Crippen MR) is 76.2 cm³/mol. The summed E-state index contributed by atoms with van der Waals surface area (Å²) in [6.45, 7) is 4.54. The number of carbonyl (C=O) groups is 1. The Morgan fingerprint density at radius 3 is 3.00 bits per heavy atom. The molecule has 0 unspecified atom stereocenters. The number of carbonyl (C=O) groups excluding carboxylic acids is 1. The number of amides is 1. The molecule has 0 aromatic heterocycles. The van der Waals surface area contributed by atoms with Crippen molar-refractivity contribution in [2.24, 2.45) is 0 Å². The van der Waals surface area contributed by atoms with Crippen LogP contribution in [0, 0.1) is 0 Å². The summed E-state index contributed by atoms with van der Waals surface area (Å²) < 4.78 is 0. The molecule has 1 saturated heterocycles. The van der Waals surface area contributed by atoms with Crippen LogP contribution in [-0.4, -0.2) is 23.9 Å². The Morgan fingerprint density at radius 2 is 2.32 bits per heavy atom. The standard InChI is InChI=1S/C15H19ClN2O/c1-2-18-9-10-6-11(16)7-13(12(10)8-15(18)19)14-4-3-5-17-14/h6-7,14,17H,2-5,8-9H2,1H3/t14-/m0/s1. The average molecular weight is 279 g/mol. The van der Waals surface area contributed by atoms with Gasteiger partial charge in [-0.05, 0) is 55.1 Å². The summed E-state index contributed by atoms with van der Waals surface area (Å²) in [5.41, 5.74) is 3.67. The molecule has 0 bridgehead atoms. The number of fused-ring (bicyclic) bond motifs is 1. The topological polar surface area (TPSA) is 32.3 Å². The van der Waals surface area contributed by atoms with Gasteiger partial charge in [-0.1, -0.05) is 11.6 Å². The first kappa shape index (κ1) is 12.9. The summed E-state index contributed by atoms with van der Waals surface area (Å²) >= 11 is 6.26. The largest absolute Gasteiger partial charge is 0.338 e. The lowest BCUT2D eigenvalue weighted by molar-refractivity contribution is -0.131. The molecule has 1 aromatic rings. The maximum atomic E-state index is 12.1. The van der Waals surface area contributed by atoms with Gasteiger partial charge in [0.05, 0.1) is 6.42 Å². The zero-order chi connectivity index (χ0) is 13.4. The van der Waals surface area contributed by atoms with E-state index in [2.05, 4.69) is 5.32 Å². The first-order chi connectivity index (χ1) is 9.19. The Bertz CT molecular complexity index is 509. The van der Waals surface area contributed by atoms with Crippen molar-refractivity contribution < 1.29 is 4.79 Å². The molecule has 2 aliphatic rings. The number of nitrogens with zero attached hydrogens (tertiary/aromatic N) is 1. The summed E-state index contributed by atoms with van der Waals surface area (Å²) in [7, 11) is 0. The molecule has 4 heteroatoms. The number of hydrogen-bond donors (Lipinski definition) is 1. The van der Waals surface area contributed by atoms with E-state index in [0.29, 0.717) is 19.0 Å². The van der Waals surface area contributed by atoms with Gasteiger partial charge in [0.25, 0.3) is 0 Å². The van der Waals surface area contributed by atoms with Crippen LogP contribution in [0.15, 0.2) is 12.1 Å². The van der Waals surface area contributed by atoms with Crippen molar-refractivity contribution in [1.29, 1.82) is 0 Å². The van der Waals surface area contributed by atoms with Crippen molar-refractivity contribution in [1.82, 2.24) is 10.2 Å². The van der Waals surface area contributed by atoms with Gasteiger partial charge >= 0.3 is 0 Å². The zero-order valence-corrected chi connectivity index (χ0v) is 12.0. The number of halogens is 1. The number of nitrogens with one attached hydrogen (secondary N) is 1. The third kappa shape index (κ3) is 2.37. The number of hydrogen-bond acceptors (Lipinski definition) is 2. The van der Waals surface area contributed by atoms with Crippen LogP contribution in [0.1, 0.15) is 42.5 Å². The highest BCUT2D eigenvalue weighted by Gasteiger charge is 2.28. The van der Waals surface area contributed by atoms with Crippen LogP contribution in [0.5, 0.6) is 0 Å². The van der Waals surface area contributed by atoms with Gasteiger partial charge in [0.2, 0.25) is 5.91 Å². The number of likely N-dealkylation sites (N-methyl/N-ethyl adjacent to an activating group) is 1. The van der Waals surface area contributed by atoms with Gasteiger partial charge in [0.15, 0.2) is 0 Å². The fourth-order valence-corrected chi connectivity index (χ4v) is 3.43. The van der Waals surface area contributed by atoms with E-state index >= 15 is 0 Å². The molecule has 0 saturated carbocycles. The van der Waals surface area contributed by atoms with Crippen LogP contribution in [-0.2, 0) is 17.8 Å². The SMILES string of the molecule is CCN1Cc2cc(Cl)cc([C@@H]3CCCN3)c2CC1=O. The van der Waals surface area contributed by atoms with Gasteiger partial charge in [-0.15, -0.1) is 0 Å². The Kier molecular flexibility index (Phi) is 3.50. The fraction of sp³-hybridized carbons (Fsp3) is 0.533. The Labute approximate surface area is 118 Å². The van der Waals surface area contributed by atoms with E-state index in [-0.39, 0.29) is 5.91 Å². The normalized spacial score (nSPS) is 22.7. The minimum Gasteiger partial charge on any atom is -0.338 e. The number of benzene rings is 1. The molecule has 1 fully saturated rings. The summed E-state index contributed by atoms with van der Waals surface area (Å²) in [6.07, 6.45) is 2.85. The second-order valence-electron chi connectivity index (χ2n) is 5.37. The van der Waals surface area contributed by atoms with E-state index in [4.69, 9.17) is 11.6 Å². The second kappa shape index (κ2) is 5.14. The van der Waals surface area contributed by atoms with E-state index < -0.39 is 0 Å². The quantitative estimate of drug-likeness (QED) is 0.902. The molecule has 0 spiro atoms. The van der Waals surface area contributed by atoms with Gasteiger partial charge < -0.3 is 10.2 Å².